The van der Waals surface area contributed by atoms with E-state index in [9.17, 15) is 19.8 Å². The number of hydrogen-bond acceptors (Lipinski definition) is 7. The number of methoxy groups -OCH3 is 1. The van der Waals surface area contributed by atoms with Gasteiger partial charge in [-0.25, -0.2) is 0 Å². The molecule has 0 saturated carbocycles. The maximum Gasteiger partial charge on any atom is 0.266 e. The van der Waals surface area contributed by atoms with Crippen LogP contribution in [0.4, 0.5) is 0 Å². The van der Waals surface area contributed by atoms with Crippen molar-refractivity contribution in [3.63, 3.8) is 0 Å². The number of amides is 1. The molecule has 1 heterocycles. The minimum absolute atomic E-state index is 0.0102. The van der Waals surface area contributed by atoms with Gasteiger partial charge in [-0.1, -0.05) is 30.0 Å². The Kier molecular flexibility index (Phi) is 6.22. The number of phenols is 1. The Hall–Kier alpha value is -2.06. The quantitative estimate of drug-likeness (QED) is 0.444. The van der Waals surface area contributed by atoms with Gasteiger partial charge in [0.05, 0.1) is 12.0 Å². The monoisotopic (exact) mass is 366 g/mol. The molecule has 1 aromatic carbocycles. The van der Waals surface area contributed by atoms with Gasteiger partial charge in [0.1, 0.15) is 4.32 Å². The van der Waals surface area contributed by atoms with Crippen molar-refractivity contribution < 1.29 is 24.5 Å². The molecule has 128 valence electrons. The molecule has 0 radical (unpaired) electrons. The highest BCUT2D eigenvalue weighted by Gasteiger charge is 2.31. The SMILES string of the molecule is COc1ccc(/C=C2\SC(=S)N(CCCCC(=O)[O-])C2=O)cc1O. The van der Waals surface area contributed by atoms with Crippen LogP contribution in [0.25, 0.3) is 6.08 Å². The van der Waals surface area contributed by atoms with Crippen LogP contribution in [0.3, 0.4) is 0 Å². The summed E-state index contributed by atoms with van der Waals surface area (Å²) in [6.45, 7) is 0.378. The summed E-state index contributed by atoms with van der Waals surface area (Å²) in [4.78, 5) is 24.7. The van der Waals surface area contributed by atoms with Gasteiger partial charge >= 0.3 is 0 Å². The van der Waals surface area contributed by atoms with Crippen LogP contribution in [0.2, 0.25) is 0 Å². The van der Waals surface area contributed by atoms with Gasteiger partial charge in [0, 0.05) is 12.5 Å². The molecule has 6 nitrogen and oxygen atoms in total. The van der Waals surface area contributed by atoms with Crippen LogP contribution in [0.15, 0.2) is 23.1 Å². The molecule has 24 heavy (non-hydrogen) atoms. The number of thiocarbonyl (C=S) groups is 1. The number of thioether (sulfide) groups is 1. The minimum Gasteiger partial charge on any atom is -0.550 e. The molecule has 0 bridgehead atoms. The molecule has 0 spiro atoms. The summed E-state index contributed by atoms with van der Waals surface area (Å²) in [5.41, 5.74) is 0.658. The highest BCUT2D eigenvalue weighted by atomic mass is 32.2. The summed E-state index contributed by atoms with van der Waals surface area (Å²) in [6.07, 6.45) is 2.59. The van der Waals surface area contributed by atoms with E-state index in [1.807, 2.05) is 0 Å². The minimum atomic E-state index is -1.10. The first-order valence-electron chi connectivity index (χ1n) is 7.24. The summed E-state index contributed by atoms with van der Waals surface area (Å²) >= 11 is 6.39. The third-order valence-electron chi connectivity index (χ3n) is 3.39. The van der Waals surface area contributed by atoms with Gasteiger partial charge in [-0.15, -0.1) is 0 Å². The predicted molar refractivity (Wildman–Crippen MR) is 93.4 cm³/mol. The molecule has 1 amide bonds. The molecule has 1 aliphatic heterocycles. The number of nitrogens with zero attached hydrogens (tertiary/aromatic N) is 1. The lowest BCUT2D eigenvalue weighted by Gasteiger charge is -2.14. The Labute approximate surface area is 149 Å². The number of benzene rings is 1. The number of carbonyl (C=O) groups excluding carboxylic acids is 2. The van der Waals surface area contributed by atoms with Crippen LogP contribution in [-0.4, -0.2) is 39.9 Å². The van der Waals surface area contributed by atoms with Crippen LogP contribution in [0.5, 0.6) is 11.5 Å². The van der Waals surface area contributed by atoms with Crippen LogP contribution in [-0.2, 0) is 9.59 Å². The first-order valence-corrected chi connectivity index (χ1v) is 8.47. The van der Waals surface area contributed by atoms with E-state index in [4.69, 9.17) is 17.0 Å². The highest BCUT2D eigenvalue weighted by molar-refractivity contribution is 8.26. The molecule has 8 heteroatoms. The van der Waals surface area contributed by atoms with Gasteiger partial charge in [0.25, 0.3) is 5.91 Å². The van der Waals surface area contributed by atoms with Crippen LogP contribution >= 0.6 is 24.0 Å². The van der Waals surface area contributed by atoms with E-state index in [2.05, 4.69) is 0 Å². The lowest BCUT2D eigenvalue weighted by Crippen LogP contribution is -2.29. The number of phenolic OH excluding ortho intramolecular Hbond substituents is 1. The second-order valence-electron chi connectivity index (χ2n) is 5.09. The molecule has 1 aliphatic rings. The third kappa shape index (κ3) is 4.48. The molecule has 0 aliphatic carbocycles. The van der Waals surface area contributed by atoms with E-state index in [0.29, 0.717) is 39.9 Å². The van der Waals surface area contributed by atoms with Crippen molar-refractivity contribution in [1.82, 2.24) is 4.90 Å². The molecule has 1 N–H and O–H groups in total. The summed E-state index contributed by atoms with van der Waals surface area (Å²) in [5.74, 6) is -0.968. The van der Waals surface area contributed by atoms with Crippen molar-refractivity contribution >= 4 is 46.3 Å². The number of unbranched alkanes of at least 4 members (excludes halogenated alkanes) is 1. The lowest BCUT2D eigenvalue weighted by atomic mass is 10.2. The van der Waals surface area contributed by atoms with Crippen molar-refractivity contribution in [3.8, 4) is 11.5 Å². The fraction of sp³-hybridized carbons (Fsp3) is 0.312. The molecule has 0 aromatic heterocycles. The molecule has 1 aromatic rings. The van der Waals surface area contributed by atoms with Crippen molar-refractivity contribution in [2.24, 2.45) is 0 Å². The number of carboxylic acids is 1. The first kappa shape index (κ1) is 18.3. The first-order chi connectivity index (χ1) is 11.4. The number of aromatic hydroxyl groups is 1. The van der Waals surface area contributed by atoms with E-state index in [1.165, 1.54) is 29.8 Å². The van der Waals surface area contributed by atoms with E-state index in [0.717, 1.165) is 0 Å². The van der Waals surface area contributed by atoms with Crippen LogP contribution in [0.1, 0.15) is 24.8 Å². The smallest absolute Gasteiger partial charge is 0.266 e. The fourth-order valence-electron chi connectivity index (χ4n) is 2.18. The van der Waals surface area contributed by atoms with Gasteiger partial charge in [-0.3, -0.25) is 9.69 Å². The Morgan fingerprint density at radius 2 is 2.21 bits per heavy atom. The molecule has 1 fully saturated rings. The second-order valence-corrected chi connectivity index (χ2v) is 6.77. The van der Waals surface area contributed by atoms with Gasteiger partial charge < -0.3 is 19.7 Å². The molecule has 1 saturated heterocycles. The van der Waals surface area contributed by atoms with Gasteiger partial charge in [-0.2, -0.15) is 0 Å². The summed E-state index contributed by atoms with van der Waals surface area (Å²) < 4.78 is 5.42. The molecule has 0 atom stereocenters. The third-order valence-corrected chi connectivity index (χ3v) is 4.76. The zero-order valence-corrected chi connectivity index (χ0v) is 14.6. The van der Waals surface area contributed by atoms with Crippen molar-refractivity contribution in [1.29, 1.82) is 0 Å². The number of ether oxygens (including phenoxy) is 1. The van der Waals surface area contributed by atoms with Gasteiger partial charge in [0.15, 0.2) is 11.5 Å². The summed E-state index contributed by atoms with van der Waals surface area (Å²) in [7, 11) is 1.46. The van der Waals surface area contributed by atoms with Gasteiger partial charge in [-0.05, 0) is 43.0 Å². The number of carboxylic acid groups (broad SMARTS) is 1. The van der Waals surface area contributed by atoms with E-state index >= 15 is 0 Å². The lowest BCUT2D eigenvalue weighted by molar-refractivity contribution is -0.305. The maximum absolute atomic E-state index is 12.4. The average Bonchev–Trinajstić information content (AvgIpc) is 2.78. The molecule has 2 rings (SSSR count). The Bertz CT molecular complexity index is 702. The van der Waals surface area contributed by atoms with E-state index in [-0.39, 0.29) is 18.1 Å². The number of rotatable bonds is 7. The largest absolute Gasteiger partial charge is 0.550 e. The molecular weight excluding hydrogens is 350 g/mol. The number of hydrogen-bond donors (Lipinski definition) is 1. The standard InChI is InChI=1S/C16H17NO5S2/c1-22-12-6-5-10(8-11(12)18)9-13-15(21)17(16(23)24-13)7-3-2-4-14(19)20/h5-6,8-9,18H,2-4,7H2,1H3,(H,19,20)/p-1/b13-9-. The number of carbonyl (C=O) groups is 2. The number of aliphatic carboxylic acids is 1. The Balaban J connectivity index is 2.04. The maximum atomic E-state index is 12.4. The molecule has 0 unspecified atom stereocenters. The normalized spacial score (nSPS) is 16.0. The second kappa shape index (κ2) is 8.16. The average molecular weight is 366 g/mol. The topological polar surface area (TPSA) is 89.9 Å². The highest BCUT2D eigenvalue weighted by Crippen LogP contribution is 2.34. The molecular formula is C16H16NO5S2-. The van der Waals surface area contributed by atoms with Crippen LogP contribution < -0.4 is 9.84 Å². The summed E-state index contributed by atoms with van der Waals surface area (Å²) in [5, 5.41) is 20.2. The van der Waals surface area contributed by atoms with Crippen molar-refractivity contribution in [2.45, 2.75) is 19.3 Å². The Morgan fingerprint density at radius 3 is 2.83 bits per heavy atom. The predicted octanol–water partition coefficient (Wildman–Crippen LogP) is 1.52. The zero-order chi connectivity index (χ0) is 17.7. The van der Waals surface area contributed by atoms with Gasteiger partial charge in [0.2, 0.25) is 0 Å². The Morgan fingerprint density at radius 1 is 1.46 bits per heavy atom. The van der Waals surface area contributed by atoms with E-state index < -0.39 is 5.97 Å². The fourth-order valence-corrected chi connectivity index (χ4v) is 3.49. The van der Waals surface area contributed by atoms with Crippen molar-refractivity contribution in [3.05, 3.63) is 28.7 Å². The summed E-state index contributed by atoms with van der Waals surface area (Å²) in [6, 6.07) is 4.85. The zero-order valence-electron chi connectivity index (χ0n) is 13.0. The van der Waals surface area contributed by atoms with Crippen LogP contribution in [0, 0.1) is 0 Å². The van der Waals surface area contributed by atoms with Crippen molar-refractivity contribution in [2.75, 3.05) is 13.7 Å². The van der Waals surface area contributed by atoms with E-state index in [1.54, 1.807) is 18.2 Å².